The molecule has 1 N–H and O–H groups in total. The average Bonchev–Trinajstić information content (AvgIpc) is 2.54. The zero-order chi connectivity index (χ0) is 13.3. The van der Waals surface area contributed by atoms with Crippen LogP contribution in [0, 0.1) is 12.3 Å². The summed E-state index contributed by atoms with van der Waals surface area (Å²) in [7, 11) is 2.04. The van der Waals surface area contributed by atoms with Gasteiger partial charge in [0, 0.05) is 24.1 Å². The van der Waals surface area contributed by atoms with Crippen molar-refractivity contribution >= 4 is 16.8 Å². The third-order valence-corrected chi connectivity index (χ3v) is 2.96. The van der Waals surface area contributed by atoms with Crippen molar-refractivity contribution < 1.29 is 4.74 Å². The van der Waals surface area contributed by atoms with Gasteiger partial charge < -0.3 is 9.30 Å². The summed E-state index contributed by atoms with van der Waals surface area (Å²) < 4.78 is 7.52. The fraction of sp³-hybridized carbons (Fsp3) is 0.400. The molecule has 1 aromatic carbocycles. The minimum Gasteiger partial charge on any atom is -0.478 e. The van der Waals surface area contributed by atoms with Crippen LogP contribution in [0.3, 0.4) is 0 Å². The van der Waals surface area contributed by atoms with Crippen molar-refractivity contribution in [3.05, 3.63) is 35.5 Å². The summed E-state index contributed by atoms with van der Waals surface area (Å²) in [6.45, 7) is 5.98. The Morgan fingerprint density at radius 1 is 1.39 bits per heavy atom. The SMILES string of the molecule is Cc1ccc2c(CC(=N)OC(C)C)cn(C)c2c1. The third-order valence-electron chi connectivity index (χ3n) is 2.96. The number of aromatic nitrogens is 1. The van der Waals surface area contributed by atoms with Crippen molar-refractivity contribution in [2.75, 3.05) is 0 Å². The van der Waals surface area contributed by atoms with Gasteiger partial charge in [-0.1, -0.05) is 12.1 Å². The Balaban J connectivity index is 2.32. The fourth-order valence-corrected chi connectivity index (χ4v) is 2.22. The van der Waals surface area contributed by atoms with E-state index in [-0.39, 0.29) is 6.10 Å². The van der Waals surface area contributed by atoms with E-state index in [1.54, 1.807) is 0 Å². The van der Waals surface area contributed by atoms with Gasteiger partial charge in [-0.3, -0.25) is 5.41 Å². The Kier molecular flexibility index (Phi) is 3.41. The Labute approximate surface area is 108 Å². The molecule has 0 bridgehead atoms. The number of nitrogens with zero attached hydrogens (tertiary/aromatic N) is 1. The molecule has 0 saturated heterocycles. The second kappa shape index (κ2) is 4.84. The highest BCUT2D eigenvalue weighted by atomic mass is 16.5. The molecule has 0 amide bonds. The monoisotopic (exact) mass is 244 g/mol. The van der Waals surface area contributed by atoms with Crippen molar-refractivity contribution in [2.45, 2.75) is 33.3 Å². The number of ether oxygens (including phenoxy) is 1. The quantitative estimate of drug-likeness (QED) is 0.652. The first-order valence-corrected chi connectivity index (χ1v) is 6.26. The highest BCUT2D eigenvalue weighted by molar-refractivity contribution is 5.89. The van der Waals surface area contributed by atoms with Crippen molar-refractivity contribution in [1.29, 1.82) is 5.41 Å². The van der Waals surface area contributed by atoms with Crippen molar-refractivity contribution in [3.63, 3.8) is 0 Å². The van der Waals surface area contributed by atoms with Gasteiger partial charge >= 0.3 is 0 Å². The summed E-state index contributed by atoms with van der Waals surface area (Å²) in [5.41, 5.74) is 3.62. The molecule has 0 unspecified atom stereocenters. The third kappa shape index (κ3) is 2.55. The summed E-state index contributed by atoms with van der Waals surface area (Å²) in [6.07, 6.45) is 2.70. The molecule has 0 fully saturated rings. The van der Waals surface area contributed by atoms with Crippen LogP contribution in [-0.4, -0.2) is 16.6 Å². The Morgan fingerprint density at radius 2 is 2.11 bits per heavy atom. The second-order valence-electron chi connectivity index (χ2n) is 5.05. The molecule has 1 heterocycles. The van der Waals surface area contributed by atoms with E-state index in [1.165, 1.54) is 16.5 Å². The van der Waals surface area contributed by atoms with E-state index in [9.17, 15) is 0 Å². The number of aryl methyl sites for hydroxylation is 2. The lowest BCUT2D eigenvalue weighted by Gasteiger charge is -2.09. The van der Waals surface area contributed by atoms with E-state index < -0.39 is 0 Å². The first kappa shape index (κ1) is 12.7. The molecular weight excluding hydrogens is 224 g/mol. The van der Waals surface area contributed by atoms with E-state index in [0.717, 1.165) is 5.56 Å². The molecule has 0 spiro atoms. The highest BCUT2D eigenvalue weighted by Crippen LogP contribution is 2.22. The maximum atomic E-state index is 7.85. The summed E-state index contributed by atoms with van der Waals surface area (Å²) in [4.78, 5) is 0. The second-order valence-corrected chi connectivity index (χ2v) is 5.05. The molecule has 96 valence electrons. The van der Waals surface area contributed by atoms with E-state index >= 15 is 0 Å². The Morgan fingerprint density at radius 3 is 2.78 bits per heavy atom. The first-order chi connectivity index (χ1) is 8.47. The summed E-state index contributed by atoms with van der Waals surface area (Å²) in [6, 6.07) is 6.41. The molecule has 3 heteroatoms. The smallest absolute Gasteiger partial charge is 0.185 e. The standard InChI is InChI=1S/C15H20N2O/c1-10(2)18-15(16)8-12-9-17(4)14-7-11(3)5-6-13(12)14/h5-7,9-10,16H,8H2,1-4H3. The molecule has 0 radical (unpaired) electrons. The molecule has 0 aliphatic heterocycles. The molecule has 3 nitrogen and oxygen atoms in total. The van der Waals surface area contributed by atoms with Gasteiger partial charge in [0.2, 0.25) is 0 Å². The lowest BCUT2D eigenvalue weighted by atomic mass is 10.1. The molecule has 0 atom stereocenters. The van der Waals surface area contributed by atoms with Crippen molar-refractivity contribution in [3.8, 4) is 0 Å². The molecule has 2 rings (SSSR count). The predicted octanol–water partition coefficient (Wildman–Crippen LogP) is 3.43. The van der Waals surface area contributed by atoms with Crippen LogP contribution in [-0.2, 0) is 18.2 Å². The van der Waals surface area contributed by atoms with Gasteiger partial charge in [-0.05, 0) is 38.0 Å². The molecule has 2 aromatic rings. The largest absolute Gasteiger partial charge is 0.478 e. The molecule has 1 aromatic heterocycles. The number of rotatable bonds is 3. The van der Waals surface area contributed by atoms with Crippen LogP contribution in [0.2, 0.25) is 0 Å². The van der Waals surface area contributed by atoms with Crippen molar-refractivity contribution in [1.82, 2.24) is 4.57 Å². The highest BCUT2D eigenvalue weighted by Gasteiger charge is 2.10. The van der Waals surface area contributed by atoms with Crippen LogP contribution >= 0.6 is 0 Å². The fourth-order valence-electron chi connectivity index (χ4n) is 2.22. The Bertz CT molecular complexity index is 581. The van der Waals surface area contributed by atoms with E-state index in [2.05, 4.69) is 35.9 Å². The Hall–Kier alpha value is -1.77. The van der Waals surface area contributed by atoms with E-state index in [1.807, 2.05) is 20.9 Å². The molecule has 0 saturated carbocycles. The number of hydrogen-bond donors (Lipinski definition) is 1. The zero-order valence-electron chi connectivity index (χ0n) is 11.4. The number of benzene rings is 1. The van der Waals surface area contributed by atoms with Crippen LogP contribution in [0.25, 0.3) is 10.9 Å². The number of fused-ring (bicyclic) bond motifs is 1. The van der Waals surface area contributed by atoms with Gasteiger partial charge in [-0.25, -0.2) is 0 Å². The molecular formula is C15H20N2O. The molecule has 18 heavy (non-hydrogen) atoms. The van der Waals surface area contributed by atoms with Crippen LogP contribution in [0.1, 0.15) is 25.0 Å². The van der Waals surface area contributed by atoms with Crippen LogP contribution < -0.4 is 0 Å². The lowest BCUT2D eigenvalue weighted by molar-refractivity contribution is 0.221. The van der Waals surface area contributed by atoms with Crippen LogP contribution in [0.5, 0.6) is 0 Å². The van der Waals surface area contributed by atoms with Gasteiger partial charge in [0.1, 0.15) is 0 Å². The van der Waals surface area contributed by atoms with Crippen molar-refractivity contribution in [2.24, 2.45) is 7.05 Å². The maximum absolute atomic E-state index is 7.85. The number of nitrogens with one attached hydrogen (secondary N) is 1. The molecule has 0 aliphatic rings. The van der Waals surface area contributed by atoms with Gasteiger partial charge in [-0.2, -0.15) is 0 Å². The number of hydrogen-bond acceptors (Lipinski definition) is 2. The summed E-state index contributed by atoms with van der Waals surface area (Å²) >= 11 is 0. The van der Waals surface area contributed by atoms with Crippen LogP contribution in [0.15, 0.2) is 24.4 Å². The predicted molar refractivity (Wildman–Crippen MR) is 75.3 cm³/mol. The van der Waals surface area contributed by atoms with E-state index in [0.29, 0.717) is 12.3 Å². The lowest BCUT2D eigenvalue weighted by Crippen LogP contribution is -2.12. The minimum absolute atomic E-state index is 0.0646. The van der Waals surface area contributed by atoms with Gasteiger partial charge in [0.25, 0.3) is 0 Å². The normalized spacial score (nSPS) is 11.2. The first-order valence-electron chi connectivity index (χ1n) is 6.26. The van der Waals surface area contributed by atoms with Gasteiger partial charge in [0.05, 0.1) is 12.5 Å². The molecule has 0 aliphatic carbocycles. The minimum atomic E-state index is 0.0646. The average molecular weight is 244 g/mol. The van der Waals surface area contributed by atoms with Crippen LogP contribution in [0.4, 0.5) is 0 Å². The summed E-state index contributed by atoms with van der Waals surface area (Å²) in [5.74, 6) is 0.332. The maximum Gasteiger partial charge on any atom is 0.185 e. The summed E-state index contributed by atoms with van der Waals surface area (Å²) in [5, 5.41) is 9.06. The topological polar surface area (TPSA) is 38.0 Å². The van der Waals surface area contributed by atoms with E-state index in [4.69, 9.17) is 10.1 Å². The van der Waals surface area contributed by atoms with Gasteiger partial charge in [0.15, 0.2) is 5.90 Å². The van der Waals surface area contributed by atoms with Gasteiger partial charge in [-0.15, -0.1) is 0 Å². The zero-order valence-corrected chi connectivity index (χ0v) is 11.4.